The third-order valence-corrected chi connectivity index (χ3v) is 1.84. The minimum absolute atomic E-state index is 0.000231. The highest BCUT2D eigenvalue weighted by atomic mass is 16.6. The van der Waals surface area contributed by atoms with Gasteiger partial charge in [0.2, 0.25) is 5.75 Å². The summed E-state index contributed by atoms with van der Waals surface area (Å²) in [4.78, 5) is 10.2. The number of ether oxygens (including phenoxy) is 1. The standard InChI is InChI=1S/C9H12N2O3/c1-10-6-7-4-3-5-8(11(12)13)9(7)14-2/h3-5,10H,6H2,1-2H3. The zero-order valence-corrected chi connectivity index (χ0v) is 8.11. The number of nitro benzene ring substituents is 1. The van der Waals surface area contributed by atoms with Gasteiger partial charge in [-0.2, -0.15) is 0 Å². The zero-order valence-electron chi connectivity index (χ0n) is 8.11. The van der Waals surface area contributed by atoms with Gasteiger partial charge in [0.05, 0.1) is 12.0 Å². The monoisotopic (exact) mass is 196 g/mol. The molecule has 0 aliphatic rings. The van der Waals surface area contributed by atoms with Crippen LogP contribution in [0.25, 0.3) is 0 Å². The van der Waals surface area contributed by atoms with Crippen molar-refractivity contribution in [2.75, 3.05) is 14.2 Å². The van der Waals surface area contributed by atoms with E-state index in [2.05, 4.69) is 5.32 Å². The molecule has 0 aliphatic carbocycles. The Hall–Kier alpha value is -1.62. The summed E-state index contributed by atoms with van der Waals surface area (Å²) in [7, 11) is 3.21. The van der Waals surface area contributed by atoms with E-state index in [1.807, 2.05) is 0 Å². The summed E-state index contributed by atoms with van der Waals surface area (Å²) in [6.45, 7) is 0.546. The Kier molecular flexibility index (Phi) is 3.41. The van der Waals surface area contributed by atoms with Crippen LogP contribution < -0.4 is 10.1 Å². The number of rotatable bonds is 4. The number of nitrogens with zero attached hydrogens (tertiary/aromatic N) is 1. The number of hydrogen-bond donors (Lipinski definition) is 1. The summed E-state index contributed by atoms with van der Waals surface area (Å²) in [5.41, 5.74) is 0.782. The van der Waals surface area contributed by atoms with Crippen LogP contribution in [0.2, 0.25) is 0 Å². The maximum absolute atomic E-state index is 10.6. The molecule has 14 heavy (non-hydrogen) atoms. The zero-order chi connectivity index (χ0) is 10.6. The van der Waals surface area contributed by atoms with Crippen LogP contribution in [0.4, 0.5) is 5.69 Å². The molecule has 0 spiro atoms. The molecule has 0 bridgehead atoms. The maximum Gasteiger partial charge on any atom is 0.311 e. The molecule has 0 amide bonds. The molecule has 1 rings (SSSR count). The Morgan fingerprint density at radius 3 is 2.79 bits per heavy atom. The van der Waals surface area contributed by atoms with E-state index in [0.29, 0.717) is 12.3 Å². The molecule has 76 valence electrons. The summed E-state index contributed by atoms with van der Waals surface area (Å²) >= 11 is 0. The average molecular weight is 196 g/mol. The van der Waals surface area contributed by atoms with Crippen LogP contribution in [-0.2, 0) is 6.54 Å². The molecule has 1 N–H and O–H groups in total. The topological polar surface area (TPSA) is 64.4 Å². The molecule has 0 radical (unpaired) electrons. The van der Waals surface area contributed by atoms with Crippen molar-refractivity contribution in [3.8, 4) is 5.75 Å². The predicted molar refractivity (Wildman–Crippen MR) is 52.4 cm³/mol. The van der Waals surface area contributed by atoms with Crippen molar-refractivity contribution >= 4 is 5.69 Å². The Bertz CT molecular complexity index is 339. The third kappa shape index (κ3) is 2.00. The molecular formula is C9H12N2O3. The number of benzene rings is 1. The summed E-state index contributed by atoms with van der Waals surface area (Å²) in [6.07, 6.45) is 0. The number of hydrogen-bond acceptors (Lipinski definition) is 4. The van der Waals surface area contributed by atoms with Gasteiger partial charge < -0.3 is 10.1 Å². The van der Waals surface area contributed by atoms with Crippen molar-refractivity contribution in [1.82, 2.24) is 5.32 Å². The summed E-state index contributed by atoms with van der Waals surface area (Å²) in [6, 6.07) is 4.87. The fourth-order valence-corrected chi connectivity index (χ4v) is 1.28. The fourth-order valence-electron chi connectivity index (χ4n) is 1.28. The lowest BCUT2D eigenvalue weighted by Crippen LogP contribution is -2.07. The molecule has 0 saturated carbocycles. The molecule has 1 aromatic rings. The molecular weight excluding hydrogens is 184 g/mol. The van der Waals surface area contributed by atoms with Gasteiger partial charge in [0.25, 0.3) is 0 Å². The van der Waals surface area contributed by atoms with Gasteiger partial charge in [-0.05, 0) is 7.05 Å². The summed E-state index contributed by atoms with van der Waals surface area (Å²) in [5, 5.41) is 13.6. The normalized spacial score (nSPS) is 9.86. The van der Waals surface area contributed by atoms with Gasteiger partial charge in [0, 0.05) is 18.2 Å². The first kappa shape index (κ1) is 10.5. The quantitative estimate of drug-likeness (QED) is 0.582. The molecule has 0 aliphatic heterocycles. The largest absolute Gasteiger partial charge is 0.490 e. The van der Waals surface area contributed by atoms with Crippen molar-refractivity contribution < 1.29 is 9.66 Å². The van der Waals surface area contributed by atoms with Crippen LogP contribution in [-0.4, -0.2) is 19.1 Å². The highest BCUT2D eigenvalue weighted by Crippen LogP contribution is 2.30. The molecule has 0 heterocycles. The van der Waals surface area contributed by atoms with Crippen molar-refractivity contribution in [2.24, 2.45) is 0 Å². The van der Waals surface area contributed by atoms with Gasteiger partial charge in [0.15, 0.2) is 0 Å². The van der Waals surface area contributed by atoms with E-state index in [4.69, 9.17) is 4.74 Å². The SMILES string of the molecule is CNCc1cccc([N+](=O)[O-])c1OC. The van der Waals surface area contributed by atoms with Crippen molar-refractivity contribution in [3.05, 3.63) is 33.9 Å². The minimum atomic E-state index is -0.446. The highest BCUT2D eigenvalue weighted by molar-refractivity contribution is 5.51. The van der Waals surface area contributed by atoms with Crippen LogP contribution in [0, 0.1) is 10.1 Å². The van der Waals surface area contributed by atoms with Crippen molar-refractivity contribution in [3.63, 3.8) is 0 Å². The van der Waals surface area contributed by atoms with Gasteiger partial charge in [0.1, 0.15) is 0 Å². The van der Waals surface area contributed by atoms with Crippen LogP contribution in [0.1, 0.15) is 5.56 Å². The van der Waals surface area contributed by atoms with Gasteiger partial charge >= 0.3 is 5.69 Å². The first-order valence-corrected chi connectivity index (χ1v) is 4.15. The maximum atomic E-state index is 10.6. The van der Waals surface area contributed by atoms with Gasteiger partial charge in [-0.15, -0.1) is 0 Å². The second-order valence-electron chi connectivity index (χ2n) is 2.76. The molecule has 0 saturated heterocycles. The Morgan fingerprint density at radius 2 is 2.29 bits per heavy atom. The van der Waals surface area contributed by atoms with Gasteiger partial charge in [-0.1, -0.05) is 12.1 Å². The molecule has 5 heteroatoms. The lowest BCUT2D eigenvalue weighted by molar-refractivity contribution is -0.385. The molecule has 0 fully saturated rings. The lowest BCUT2D eigenvalue weighted by Gasteiger charge is -2.07. The predicted octanol–water partition coefficient (Wildman–Crippen LogP) is 1.32. The van der Waals surface area contributed by atoms with Crippen molar-refractivity contribution in [1.29, 1.82) is 0 Å². The molecule has 0 atom stereocenters. The molecule has 0 aromatic heterocycles. The lowest BCUT2D eigenvalue weighted by atomic mass is 10.1. The second kappa shape index (κ2) is 4.57. The number of methoxy groups -OCH3 is 1. The van der Waals surface area contributed by atoms with Gasteiger partial charge in [-0.3, -0.25) is 10.1 Å². The molecule has 0 unspecified atom stereocenters. The van der Waals surface area contributed by atoms with Crippen LogP contribution in [0.3, 0.4) is 0 Å². The first-order chi connectivity index (χ1) is 6.70. The van der Waals surface area contributed by atoms with Crippen LogP contribution in [0.5, 0.6) is 5.75 Å². The van der Waals surface area contributed by atoms with E-state index in [9.17, 15) is 10.1 Å². The summed E-state index contributed by atoms with van der Waals surface area (Å²) in [5.74, 6) is 0.326. The average Bonchev–Trinajstić information content (AvgIpc) is 2.18. The fraction of sp³-hybridized carbons (Fsp3) is 0.333. The first-order valence-electron chi connectivity index (χ1n) is 4.15. The van der Waals surface area contributed by atoms with E-state index in [1.165, 1.54) is 13.2 Å². The molecule has 5 nitrogen and oxygen atoms in total. The van der Waals surface area contributed by atoms with E-state index in [-0.39, 0.29) is 5.69 Å². The van der Waals surface area contributed by atoms with Crippen LogP contribution >= 0.6 is 0 Å². The number of para-hydroxylation sites is 1. The Labute approximate surface area is 81.8 Å². The summed E-state index contributed by atoms with van der Waals surface area (Å²) < 4.78 is 5.01. The Balaban J connectivity index is 3.17. The van der Waals surface area contributed by atoms with E-state index in [1.54, 1.807) is 19.2 Å². The third-order valence-electron chi connectivity index (χ3n) is 1.84. The van der Waals surface area contributed by atoms with E-state index < -0.39 is 4.92 Å². The number of nitro groups is 1. The second-order valence-corrected chi connectivity index (χ2v) is 2.76. The number of nitrogens with one attached hydrogen (secondary N) is 1. The van der Waals surface area contributed by atoms with Crippen molar-refractivity contribution in [2.45, 2.75) is 6.54 Å². The van der Waals surface area contributed by atoms with E-state index >= 15 is 0 Å². The Morgan fingerprint density at radius 1 is 1.57 bits per heavy atom. The van der Waals surface area contributed by atoms with Crippen LogP contribution in [0.15, 0.2) is 18.2 Å². The highest BCUT2D eigenvalue weighted by Gasteiger charge is 2.17. The van der Waals surface area contributed by atoms with Gasteiger partial charge in [-0.25, -0.2) is 0 Å². The van der Waals surface area contributed by atoms with E-state index in [0.717, 1.165) is 5.56 Å². The molecule has 1 aromatic carbocycles. The minimum Gasteiger partial charge on any atom is -0.490 e. The smallest absolute Gasteiger partial charge is 0.311 e.